The van der Waals surface area contributed by atoms with Gasteiger partial charge in [-0.05, 0) is 66.2 Å². The normalized spacial score (nSPS) is 13.5. The van der Waals surface area contributed by atoms with E-state index in [9.17, 15) is 22.7 Å². The molecule has 3 aromatic carbocycles. The number of hydrogen-bond acceptors (Lipinski definition) is 4. The van der Waals surface area contributed by atoms with Crippen LogP contribution in [0.25, 0.3) is 16.6 Å². The lowest BCUT2D eigenvalue weighted by atomic mass is 9.93. The van der Waals surface area contributed by atoms with Gasteiger partial charge in [0.2, 0.25) is 5.60 Å². The average molecular weight is 441 g/mol. The van der Waals surface area contributed by atoms with Gasteiger partial charge in [-0.3, -0.25) is 0 Å². The predicted octanol–water partition coefficient (Wildman–Crippen LogP) is 4.87. The molecule has 1 N–H and O–H groups in total. The van der Waals surface area contributed by atoms with E-state index >= 15 is 0 Å². The lowest BCUT2D eigenvalue weighted by molar-refractivity contribution is -0.275. The lowest BCUT2D eigenvalue weighted by Gasteiger charge is -2.30. The van der Waals surface area contributed by atoms with E-state index in [1.54, 1.807) is 0 Å². The highest BCUT2D eigenvalue weighted by atomic mass is 19.4. The molecule has 0 aliphatic heterocycles. The van der Waals surface area contributed by atoms with Gasteiger partial charge in [-0.1, -0.05) is 6.07 Å². The van der Waals surface area contributed by atoms with E-state index in [1.807, 2.05) is 6.07 Å². The van der Waals surface area contributed by atoms with Gasteiger partial charge in [0.25, 0.3) is 0 Å². The summed E-state index contributed by atoms with van der Waals surface area (Å²) < 4.78 is 61.5. The van der Waals surface area contributed by atoms with Crippen molar-refractivity contribution in [1.29, 1.82) is 5.26 Å². The summed E-state index contributed by atoms with van der Waals surface area (Å²) in [5, 5.41) is 24.0. The van der Waals surface area contributed by atoms with Gasteiger partial charge in [-0.15, -0.1) is 0 Å². The molecule has 0 fully saturated rings. The Morgan fingerprint density at radius 2 is 1.69 bits per heavy atom. The number of aromatic nitrogens is 2. The molecule has 1 unspecified atom stereocenters. The molecule has 0 aliphatic rings. The van der Waals surface area contributed by atoms with Gasteiger partial charge >= 0.3 is 6.18 Å². The van der Waals surface area contributed by atoms with Crippen molar-refractivity contribution < 1.29 is 27.4 Å². The second kappa shape index (κ2) is 7.98. The molecule has 0 radical (unpaired) electrons. The molecular weight excluding hydrogens is 426 g/mol. The van der Waals surface area contributed by atoms with Gasteiger partial charge in [-0.25, -0.2) is 9.07 Å². The summed E-state index contributed by atoms with van der Waals surface area (Å²) in [6, 6.07) is 16.6. The van der Waals surface area contributed by atoms with Crippen LogP contribution in [0.15, 0.2) is 72.9 Å². The Bertz CT molecular complexity index is 1290. The molecule has 4 rings (SSSR count). The van der Waals surface area contributed by atoms with Gasteiger partial charge in [0, 0.05) is 5.39 Å². The van der Waals surface area contributed by atoms with Crippen molar-refractivity contribution in [3.63, 3.8) is 0 Å². The third-order valence-electron chi connectivity index (χ3n) is 5.02. The van der Waals surface area contributed by atoms with Crippen LogP contribution in [0.3, 0.4) is 0 Å². The van der Waals surface area contributed by atoms with Crippen LogP contribution in [0.4, 0.5) is 17.6 Å². The van der Waals surface area contributed by atoms with Gasteiger partial charge in [0.15, 0.2) is 0 Å². The van der Waals surface area contributed by atoms with Crippen molar-refractivity contribution in [3.05, 3.63) is 89.9 Å². The predicted molar refractivity (Wildman–Crippen MR) is 108 cm³/mol. The SMILES string of the molecule is N#Cc1ccc(OCC(O)(c2ccc3c(cnn3-c3ccc(F)cc3)c2)C(F)(F)F)cc1. The molecule has 1 heterocycles. The van der Waals surface area contributed by atoms with Crippen LogP contribution in [-0.2, 0) is 5.60 Å². The average Bonchev–Trinajstić information content (AvgIpc) is 3.21. The van der Waals surface area contributed by atoms with Crippen molar-refractivity contribution in [2.75, 3.05) is 6.61 Å². The maximum atomic E-state index is 13.9. The minimum absolute atomic E-state index is 0.0804. The summed E-state index contributed by atoms with van der Waals surface area (Å²) in [5.41, 5.74) is -2.35. The maximum absolute atomic E-state index is 13.9. The highest BCUT2D eigenvalue weighted by molar-refractivity contribution is 5.81. The zero-order chi connectivity index (χ0) is 22.9. The van der Waals surface area contributed by atoms with Crippen molar-refractivity contribution >= 4 is 10.9 Å². The van der Waals surface area contributed by atoms with E-state index in [0.29, 0.717) is 22.2 Å². The number of hydrogen-bond donors (Lipinski definition) is 1. The number of nitrogens with zero attached hydrogens (tertiary/aromatic N) is 3. The van der Waals surface area contributed by atoms with Crippen LogP contribution in [0.1, 0.15) is 11.1 Å². The maximum Gasteiger partial charge on any atom is 0.424 e. The fraction of sp³-hybridized carbons (Fsp3) is 0.130. The van der Waals surface area contributed by atoms with Gasteiger partial charge < -0.3 is 9.84 Å². The summed E-state index contributed by atoms with van der Waals surface area (Å²) in [4.78, 5) is 0. The molecule has 0 saturated heterocycles. The minimum Gasteiger partial charge on any atom is -0.490 e. The molecule has 1 aromatic heterocycles. The largest absolute Gasteiger partial charge is 0.490 e. The quantitative estimate of drug-likeness (QED) is 0.449. The summed E-state index contributed by atoms with van der Waals surface area (Å²) in [5.74, 6) is -0.345. The number of aliphatic hydroxyl groups is 1. The molecule has 4 aromatic rings. The Hall–Kier alpha value is -3.90. The first-order valence-electron chi connectivity index (χ1n) is 9.37. The highest BCUT2D eigenvalue weighted by Gasteiger charge is 2.56. The van der Waals surface area contributed by atoms with Crippen molar-refractivity contribution in [1.82, 2.24) is 9.78 Å². The first kappa shape index (κ1) is 21.3. The smallest absolute Gasteiger partial charge is 0.424 e. The molecule has 0 spiro atoms. The molecule has 1 atom stereocenters. The van der Waals surface area contributed by atoms with Crippen molar-refractivity contribution in [2.45, 2.75) is 11.8 Å². The van der Waals surface area contributed by atoms with E-state index in [4.69, 9.17) is 10.00 Å². The second-order valence-corrected chi connectivity index (χ2v) is 7.09. The fourth-order valence-corrected chi connectivity index (χ4v) is 3.22. The third kappa shape index (κ3) is 3.88. The monoisotopic (exact) mass is 441 g/mol. The van der Waals surface area contributed by atoms with Crippen LogP contribution < -0.4 is 4.74 Å². The summed E-state index contributed by atoms with van der Waals surface area (Å²) in [6.07, 6.45) is -3.67. The molecule has 32 heavy (non-hydrogen) atoms. The van der Waals surface area contributed by atoms with E-state index in [0.717, 1.165) is 6.07 Å². The number of nitriles is 1. The van der Waals surface area contributed by atoms with Crippen LogP contribution >= 0.6 is 0 Å². The molecule has 0 amide bonds. The number of benzene rings is 3. The molecule has 9 heteroatoms. The molecule has 0 saturated carbocycles. The van der Waals surface area contributed by atoms with Crippen molar-refractivity contribution in [2.24, 2.45) is 0 Å². The highest BCUT2D eigenvalue weighted by Crippen LogP contribution is 2.40. The first-order valence-corrected chi connectivity index (χ1v) is 9.37. The number of halogens is 4. The topological polar surface area (TPSA) is 71.1 Å². The van der Waals surface area contributed by atoms with Crippen molar-refractivity contribution in [3.8, 4) is 17.5 Å². The van der Waals surface area contributed by atoms with E-state index in [-0.39, 0.29) is 5.75 Å². The van der Waals surface area contributed by atoms with Crippen LogP contribution in [0, 0.1) is 17.1 Å². The molecular formula is C23H15F4N3O2. The van der Waals surface area contributed by atoms with Gasteiger partial charge in [0.05, 0.1) is 29.0 Å². The first-order chi connectivity index (χ1) is 15.2. The van der Waals surface area contributed by atoms with Gasteiger partial charge in [-0.2, -0.15) is 23.5 Å². The van der Waals surface area contributed by atoms with Crippen LogP contribution in [0.5, 0.6) is 5.75 Å². The standard InChI is InChI=1S/C23H15F4N3O2/c24-18-4-6-19(7-5-18)30-21-10-3-17(11-16(21)13-29-30)22(31,23(25,26)27)14-32-20-8-1-15(12-28)2-9-20/h1-11,13,31H,14H2. The zero-order valence-electron chi connectivity index (χ0n) is 16.3. The Labute approximate surface area is 179 Å². The summed E-state index contributed by atoms with van der Waals surface area (Å²) >= 11 is 0. The molecule has 162 valence electrons. The number of alkyl halides is 3. The lowest BCUT2D eigenvalue weighted by Crippen LogP contribution is -2.47. The summed E-state index contributed by atoms with van der Waals surface area (Å²) in [7, 11) is 0. The summed E-state index contributed by atoms with van der Waals surface area (Å²) in [6.45, 7) is -1.08. The van der Waals surface area contributed by atoms with Crippen LogP contribution in [0.2, 0.25) is 0 Å². The third-order valence-corrected chi connectivity index (χ3v) is 5.02. The number of fused-ring (bicyclic) bond motifs is 1. The Morgan fingerprint density at radius 3 is 2.31 bits per heavy atom. The van der Waals surface area contributed by atoms with E-state index < -0.39 is 29.8 Å². The number of rotatable bonds is 5. The fourth-order valence-electron chi connectivity index (χ4n) is 3.22. The second-order valence-electron chi connectivity index (χ2n) is 7.09. The minimum atomic E-state index is -5.03. The molecule has 0 bridgehead atoms. The Morgan fingerprint density at radius 1 is 1.00 bits per heavy atom. The van der Waals surface area contributed by atoms with Gasteiger partial charge in [0.1, 0.15) is 18.2 Å². The van der Waals surface area contributed by atoms with Crippen LogP contribution in [-0.4, -0.2) is 27.7 Å². The van der Waals surface area contributed by atoms with E-state index in [1.165, 1.54) is 71.5 Å². The Kier molecular flexibility index (Phi) is 5.32. The zero-order valence-corrected chi connectivity index (χ0v) is 16.3. The Balaban J connectivity index is 1.67. The molecule has 0 aliphatic carbocycles. The molecule has 5 nitrogen and oxygen atoms in total. The van der Waals surface area contributed by atoms with E-state index in [2.05, 4.69) is 5.10 Å². The number of ether oxygens (including phenoxy) is 1.